The molecular weight excluding hydrogens is 312 g/mol. The maximum Gasteiger partial charge on any atom is 0.0837 e. The Morgan fingerprint density at radius 2 is 1.75 bits per heavy atom. The fourth-order valence-corrected chi connectivity index (χ4v) is 2.78. The second kappa shape index (κ2) is 7.23. The molecule has 0 aliphatic rings. The van der Waals surface area contributed by atoms with Gasteiger partial charge in [0.1, 0.15) is 0 Å². The van der Waals surface area contributed by atoms with Crippen LogP contribution in [0.3, 0.4) is 0 Å². The Morgan fingerprint density at radius 3 is 2.40 bits per heavy atom. The molecule has 0 saturated carbocycles. The maximum absolute atomic E-state index is 9.32. The molecule has 0 saturated heterocycles. The zero-order chi connectivity index (χ0) is 14.4. The average Bonchev–Trinajstić information content (AvgIpc) is 2.49. The molecule has 0 aliphatic carbocycles. The summed E-state index contributed by atoms with van der Waals surface area (Å²) in [6, 6.07) is 20.6. The number of nitrogens with one attached hydrogen (secondary N) is 1. The number of hydrogen-bond acceptors (Lipinski definition) is 2. The maximum atomic E-state index is 9.32. The van der Waals surface area contributed by atoms with Crippen molar-refractivity contribution in [2.75, 3.05) is 6.54 Å². The van der Waals surface area contributed by atoms with Gasteiger partial charge in [0, 0.05) is 17.1 Å². The van der Waals surface area contributed by atoms with E-state index in [0.717, 1.165) is 10.0 Å². The molecule has 0 bridgehead atoms. The molecule has 2 nitrogen and oxygen atoms in total. The molecule has 0 fully saturated rings. The molecular formula is C17H17BrN2. The molecule has 2 atom stereocenters. The second-order valence-corrected chi connectivity index (χ2v) is 5.60. The predicted molar refractivity (Wildman–Crippen MR) is 85.4 cm³/mol. The molecule has 0 aliphatic heterocycles. The summed E-state index contributed by atoms with van der Waals surface area (Å²) < 4.78 is 1.09. The summed E-state index contributed by atoms with van der Waals surface area (Å²) >= 11 is 3.56. The Morgan fingerprint density at radius 1 is 1.10 bits per heavy atom. The lowest BCUT2D eigenvalue weighted by molar-refractivity contribution is 0.556. The quantitative estimate of drug-likeness (QED) is 0.882. The van der Waals surface area contributed by atoms with Gasteiger partial charge in [0.05, 0.1) is 12.0 Å². The van der Waals surface area contributed by atoms with E-state index in [4.69, 9.17) is 0 Å². The van der Waals surface area contributed by atoms with E-state index >= 15 is 0 Å². The van der Waals surface area contributed by atoms with E-state index in [2.05, 4.69) is 40.3 Å². The van der Waals surface area contributed by atoms with Crippen LogP contribution >= 0.6 is 15.9 Å². The second-order valence-electron chi connectivity index (χ2n) is 4.74. The number of halogens is 1. The minimum atomic E-state index is -0.124. The first-order valence-corrected chi connectivity index (χ1v) is 7.44. The molecule has 0 aromatic heterocycles. The lowest BCUT2D eigenvalue weighted by Crippen LogP contribution is -2.24. The first-order chi connectivity index (χ1) is 9.72. The van der Waals surface area contributed by atoms with Crippen LogP contribution in [0.25, 0.3) is 0 Å². The smallest absolute Gasteiger partial charge is 0.0837 e. The molecule has 0 radical (unpaired) electrons. The van der Waals surface area contributed by atoms with Crippen LogP contribution in [-0.4, -0.2) is 6.54 Å². The van der Waals surface area contributed by atoms with E-state index in [1.54, 1.807) is 0 Å². The highest BCUT2D eigenvalue weighted by Gasteiger charge is 2.13. The van der Waals surface area contributed by atoms with Crippen molar-refractivity contribution in [2.24, 2.45) is 0 Å². The van der Waals surface area contributed by atoms with Crippen molar-refractivity contribution in [2.45, 2.75) is 18.9 Å². The van der Waals surface area contributed by atoms with Crippen LogP contribution in [0.4, 0.5) is 0 Å². The molecule has 0 amide bonds. The van der Waals surface area contributed by atoms with Crippen molar-refractivity contribution < 1.29 is 0 Å². The van der Waals surface area contributed by atoms with Crippen molar-refractivity contribution in [1.29, 1.82) is 5.26 Å². The summed E-state index contributed by atoms with van der Waals surface area (Å²) in [5.41, 5.74) is 2.26. The number of nitrogens with zero attached hydrogens (tertiary/aromatic N) is 1. The largest absolute Gasteiger partial charge is 0.309 e. The van der Waals surface area contributed by atoms with E-state index in [9.17, 15) is 5.26 Å². The Hall–Kier alpha value is -1.63. The van der Waals surface area contributed by atoms with Gasteiger partial charge < -0.3 is 5.32 Å². The zero-order valence-corrected chi connectivity index (χ0v) is 13.0. The number of rotatable bonds is 5. The summed E-state index contributed by atoms with van der Waals surface area (Å²) in [6.45, 7) is 2.75. The minimum Gasteiger partial charge on any atom is -0.309 e. The molecule has 3 heteroatoms. The fourth-order valence-electron chi connectivity index (χ4n) is 2.15. The van der Waals surface area contributed by atoms with Gasteiger partial charge in [-0.15, -0.1) is 0 Å². The Labute approximate surface area is 128 Å². The molecule has 1 unspecified atom stereocenters. The SMILES string of the molecule is C[C@@H](NCC(C#N)c1ccccc1)c1ccccc1Br. The van der Waals surface area contributed by atoms with Crippen molar-refractivity contribution in [3.8, 4) is 6.07 Å². The van der Waals surface area contributed by atoms with Crippen molar-refractivity contribution in [3.05, 3.63) is 70.2 Å². The lowest BCUT2D eigenvalue weighted by atomic mass is 10.00. The Balaban J connectivity index is 2.01. The van der Waals surface area contributed by atoms with Gasteiger partial charge in [-0.2, -0.15) is 5.26 Å². The standard InChI is InChI=1S/C17H17BrN2/c1-13(16-9-5-6-10-17(16)18)20-12-15(11-19)14-7-3-2-4-8-14/h2-10,13,15,20H,12H2,1H3/t13-,15?/m1/s1. The van der Waals surface area contributed by atoms with Crippen LogP contribution in [0.5, 0.6) is 0 Å². The highest BCUT2D eigenvalue weighted by Crippen LogP contribution is 2.23. The first-order valence-electron chi connectivity index (χ1n) is 6.64. The molecule has 2 aromatic carbocycles. The van der Waals surface area contributed by atoms with Gasteiger partial charge in [0.15, 0.2) is 0 Å². The van der Waals surface area contributed by atoms with Gasteiger partial charge in [0.25, 0.3) is 0 Å². The summed E-state index contributed by atoms with van der Waals surface area (Å²) in [4.78, 5) is 0. The van der Waals surface area contributed by atoms with E-state index in [1.165, 1.54) is 5.56 Å². The van der Waals surface area contributed by atoms with E-state index in [1.807, 2.05) is 48.5 Å². The molecule has 0 spiro atoms. The normalized spacial score (nSPS) is 13.4. The Bertz CT molecular complexity index is 589. The highest BCUT2D eigenvalue weighted by molar-refractivity contribution is 9.10. The van der Waals surface area contributed by atoms with Gasteiger partial charge in [-0.3, -0.25) is 0 Å². The van der Waals surface area contributed by atoms with Gasteiger partial charge in [-0.05, 0) is 24.1 Å². The van der Waals surface area contributed by atoms with Gasteiger partial charge in [-0.25, -0.2) is 0 Å². The Kier molecular flexibility index (Phi) is 5.34. The number of benzene rings is 2. The molecule has 102 valence electrons. The molecule has 20 heavy (non-hydrogen) atoms. The number of hydrogen-bond donors (Lipinski definition) is 1. The third-order valence-corrected chi connectivity index (χ3v) is 4.08. The minimum absolute atomic E-state index is 0.124. The topological polar surface area (TPSA) is 35.8 Å². The predicted octanol–water partition coefficient (Wildman–Crippen LogP) is 4.41. The lowest BCUT2D eigenvalue weighted by Gasteiger charge is -2.18. The van der Waals surface area contributed by atoms with E-state index < -0.39 is 0 Å². The van der Waals surface area contributed by atoms with Crippen molar-refractivity contribution in [3.63, 3.8) is 0 Å². The first kappa shape index (κ1) is 14.8. The molecule has 0 heterocycles. The summed E-state index contributed by atoms with van der Waals surface area (Å²) in [6.07, 6.45) is 0. The van der Waals surface area contributed by atoms with Crippen LogP contribution < -0.4 is 5.32 Å². The van der Waals surface area contributed by atoms with Gasteiger partial charge in [-0.1, -0.05) is 64.5 Å². The molecule has 2 aromatic rings. The summed E-state index contributed by atoms with van der Waals surface area (Å²) in [5, 5.41) is 12.8. The van der Waals surface area contributed by atoms with Crippen LogP contribution in [0.2, 0.25) is 0 Å². The monoisotopic (exact) mass is 328 g/mol. The van der Waals surface area contributed by atoms with Crippen LogP contribution in [0.1, 0.15) is 30.0 Å². The van der Waals surface area contributed by atoms with Crippen LogP contribution in [0, 0.1) is 11.3 Å². The third kappa shape index (κ3) is 3.69. The van der Waals surface area contributed by atoms with E-state index in [0.29, 0.717) is 6.54 Å². The van der Waals surface area contributed by atoms with E-state index in [-0.39, 0.29) is 12.0 Å². The molecule has 2 rings (SSSR count). The van der Waals surface area contributed by atoms with Crippen molar-refractivity contribution >= 4 is 15.9 Å². The van der Waals surface area contributed by atoms with Crippen LogP contribution in [0.15, 0.2) is 59.1 Å². The van der Waals surface area contributed by atoms with Crippen LogP contribution in [-0.2, 0) is 0 Å². The van der Waals surface area contributed by atoms with Gasteiger partial charge >= 0.3 is 0 Å². The average molecular weight is 329 g/mol. The zero-order valence-electron chi connectivity index (χ0n) is 11.4. The molecule has 1 N–H and O–H groups in total. The summed E-state index contributed by atoms with van der Waals surface area (Å²) in [7, 11) is 0. The van der Waals surface area contributed by atoms with Crippen molar-refractivity contribution in [1.82, 2.24) is 5.32 Å². The fraction of sp³-hybridized carbons (Fsp3) is 0.235. The third-order valence-electron chi connectivity index (χ3n) is 3.36. The van der Waals surface area contributed by atoms with Gasteiger partial charge in [0.2, 0.25) is 0 Å². The highest BCUT2D eigenvalue weighted by atomic mass is 79.9. The summed E-state index contributed by atoms with van der Waals surface area (Å²) in [5.74, 6) is -0.124. The number of nitriles is 1.